The van der Waals surface area contributed by atoms with Crippen molar-refractivity contribution in [2.45, 2.75) is 31.8 Å². The van der Waals surface area contributed by atoms with E-state index < -0.39 is 53.6 Å². The molecular formula is C20H19NO8. The van der Waals surface area contributed by atoms with Gasteiger partial charge in [-0.1, -0.05) is 18.2 Å². The number of benzene rings is 1. The maximum absolute atomic E-state index is 13.4. The van der Waals surface area contributed by atoms with Gasteiger partial charge in [-0.2, -0.15) is 0 Å². The average molecular weight is 401 g/mol. The van der Waals surface area contributed by atoms with Crippen molar-refractivity contribution in [1.29, 1.82) is 0 Å². The van der Waals surface area contributed by atoms with Crippen LogP contribution < -0.4 is 9.64 Å². The summed E-state index contributed by atoms with van der Waals surface area (Å²) < 4.78 is 21.6. The number of para-hydroxylation sites is 2. The Kier molecular flexibility index (Phi) is 4.42. The second-order valence-corrected chi connectivity index (χ2v) is 7.03. The van der Waals surface area contributed by atoms with Gasteiger partial charge in [0.2, 0.25) is 11.8 Å². The van der Waals surface area contributed by atoms with E-state index in [1.807, 2.05) is 0 Å². The van der Waals surface area contributed by atoms with Crippen molar-refractivity contribution in [3.05, 3.63) is 36.4 Å². The standard InChI is InChI=1S/C20H19NO8/c1-10(22)27-19(28-11(2)23)20-9-8-14(29-20)15-16(20)18(25)21(17(15)24)12-6-4-5-7-13(12)26-3/h4-9,14-16,19H,1-3H3/t14-,15+,16+,20+/m0/s1. The second-order valence-electron chi connectivity index (χ2n) is 7.03. The molecule has 0 radical (unpaired) electrons. The Balaban J connectivity index is 1.77. The van der Waals surface area contributed by atoms with Crippen LogP contribution in [0.4, 0.5) is 5.69 Å². The number of methoxy groups -OCH3 is 1. The molecular weight excluding hydrogens is 382 g/mol. The van der Waals surface area contributed by atoms with Crippen molar-refractivity contribution in [2.24, 2.45) is 11.8 Å². The molecule has 152 valence electrons. The molecule has 0 aromatic heterocycles. The normalized spacial score (nSPS) is 29.4. The van der Waals surface area contributed by atoms with Gasteiger partial charge in [0.05, 0.1) is 30.7 Å². The van der Waals surface area contributed by atoms with Crippen molar-refractivity contribution in [3.63, 3.8) is 0 Å². The summed E-state index contributed by atoms with van der Waals surface area (Å²) >= 11 is 0. The highest BCUT2D eigenvalue weighted by Crippen LogP contribution is 2.55. The van der Waals surface area contributed by atoms with Crippen LogP contribution in [0.3, 0.4) is 0 Å². The van der Waals surface area contributed by atoms with E-state index in [4.69, 9.17) is 18.9 Å². The minimum atomic E-state index is -1.57. The summed E-state index contributed by atoms with van der Waals surface area (Å²) in [6, 6.07) is 6.66. The molecule has 2 amide bonds. The molecule has 4 atom stereocenters. The van der Waals surface area contributed by atoms with Crippen LogP contribution in [0.5, 0.6) is 5.75 Å². The van der Waals surface area contributed by atoms with Crippen LogP contribution in [0, 0.1) is 11.8 Å². The van der Waals surface area contributed by atoms with Gasteiger partial charge in [0.1, 0.15) is 5.75 Å². The molecule has 2 fully saturated rings. The predicted molar refractivity (Wildman–Crippen MR) is 96.5 cm³/mol. The Labute approximate surface area is 166 Å². The van der Waals surface area contributed by atoms with Crippen LogP contribution in [-0.2, 0) is 33.4 Å². The highest BCUT2D eigenvalue weighted by molar-refractivity contribution is 6.24. The lowest BCUT2D eigenvalue weighted by molar-refractivity contribution is -0.226. The zero-order valence-corrected chi connectivity index (χ0v) is 16.0. The zero-order valence-electron chi connectivity index (χ0n) is 16.0. The number of anilines is 1. The average Bonchev–Trinajstić information content (AvgIpc) is 3.32. The van der Waals surface area contributed by atoms with Crippen molar-refractivity contribution in [2.75, 3.05) is 12.0 Å². The molecule has 9 heteroatoms. The number of hydrogen-bond acceptors (Lipinski definition) is 8. The number of rotatable bonds is 5. The summed E-state index contributed by atoms with van der Waals surface area (Å²) in [7, 11) is 1.44. The molecule has 0 saturated carbocycles. The van der Waals surface area contributed by atoms with E-state index in [0.29, 0.717) is 11.4 Å². The number of nitrogens with zero attached hydrogens (tertiary/aromatic N) is 1. The van der Waals surface area contributed by atoms with E-state index in [-0.39, 0.29) is 0 Å². The third-order valence-corrected chi connectivity index (χ3v) is 5.32. The van der Waals surface area contributed by atoms with E-state index in [0.717, 1.165) is 18.7 Å². The Morgan fingerprint density at radius 3 is 2.38 bits per heavy atom. The Hall–Kier alpha value is -3.20. The van der Waals surface area contributed by atoms with Gasteiger partial charge in [0.15, 0.2) is 5.60 Å². The van der Waals surface area contributed by atoms with Gasteiger partial charge in [-0.15, -0.1) is 0 Å². The first-order chi connectivity index (χ1) is 13.8. The summed E-state index contributed by atoms with van der Waals surface area (Å²) in [5, 5.41) is 0. The van der Waals surface area contributed by atoms with Gasteiger partial charge in [-0.25, -0.2) is 4.90 Å². The SMILES string of the molecule is COc1ccccc1N1C(=O)[C@@H]2[C@@H]3C=C[C@@](C(OC(C)=O)OC(C)=O)(O3)[C@H]2C1=O. The number of carbonyl (C=O) groups is 4. The predicted octanol–water partition coefficient (Wildman–Crippen LogP) is 0.960. The highest BCUT2D eigenvalue weighted by Gasteiger charge is 2.72. The number of ether oxygens (including phenoxy) is 4. The number of fused-ring (bicyclic) bond motifs is 5. The van der Waals surface area contributed by atoms with Crippen LogP contribution in [0.15, 0.2) is 36.4 Å². The molecule has 1 aromatic rings. The first-order valence-corrected chi connectivity index (χ1v) is 9.02. The largest absolute Gasteiger partial charge is 0.495 e. The molecule has 0 aliphatic carbocycles. The van der Waals surface area contributed by atoms with Gasteiger partial charge in [-0.3, -0.25) is 19.2 Å². The Bertz CT molecular complexity index is 924. The lowest BCUT2D eigenvalue weighted by Gasteiger charge is -2.34. The van der Waals surface area contributed by atoms with Crippen LogP contribution in [0.2, 0.25) is 0 Å². The molecule has 1 aromatic carbocycles. The summed E-state index contributed by atoms with van der Waals surface area (Å²) in [6.45, 7) is 2.30. The Morgan fingerprint density at radius 2 is 1.76 bits per heavy atom. The first-order valence-electron chi connectivity index (χ1n) is 9.02. The maximum Gasteiger partial charge on any atom is 0.305 e. The number of hydrogen-bond donors (Lipinski definition) is 0. The molecule has 3 heterocycles. The van der Waals surface area contributed by atoms with Crippen molar-refractivity contribution < 1.29 is 38.1 Å². The molecule has 0 spiro atoms. The number of amides is 2. The quantitative estimate of drug-likeness (QED) is 0.311. The monoisotopic (exact) mass is 401 g/mol. The molecule has 0 unspecified atom stereocenters. The number of carbonyl (C=O) groups excluding carboxylic acids is 4. The summed E-state index contributed by atoms with van der Waals surface area (Å²) in [5.41, 5.74) is -1.26. The van der Waals surface area contributed by atoms with Crippen molar-refractivity contribution in [1.82, 2.24) is 0 Å². The van der Waals surface area contributed by atoms with Gasteiger partial charge in [0, 0.05) is 13.8 Å². The van der Waals surface area contributed by atoms with Crippen LogP contribution in [0.25, 0.3) is 0 Å². The molecule has 3 aliphatic heterocycles. The summed E-state index contributed by atoms with van der Waals surface area (Å²) in [6.07, 6.45) is 0.956. The van der Waals surface area contributed by atoms with E-state index in [1.54, 1.807) is 30.3 Å². The first kappa shape index (κ1) is 19.1. The molecule has 29 heavy (non-hydrogen) atoms. The minimum absolute atomic E-state index is 0.311. The van der Waals surface area contributed by atoms with E-state index in [9.17, 15) is 19.2 Å². The zero-order chi connectivity index (χ0) is 20.9. The fourth-order valence-corrected chi connectivity index (χ4v) is 4.27. The van der Waals surface area contributed by atoms with Crippen molar-refractivity contribution in [3.8, 4) is 5.75 Å². The molecule has 4 rings (SSSR count). The van der Waals surface area contributed by atoms with Gasteiger partial charge in [0.25, 0.3) is 6.29 Å². The fourth-order valence-electron chi connectivity index (χ4n) is 4.27. The summed E-state index contributed by atoms with van der Waals surface area (Å²) in [5.74, 6) is -3.91. The third-order valence-electron chi connectivity index (χ3n) is 5.32. The maximum atomic E-state index is 13.4. The lowest BCUT2D eigenvalue weighted by atomic mass is 9.76. The molecule has 3 aliphatic rings. The molecule has 9 nitrogen and oxygen atoms in total. The fraction of sp³-hybridized carbons (Fsp3) is 0.400. The smallest absolute Gasteiger partial charge is 0.305 e. The highest BCUT2D eigenvalue weighted by atomic mass is 16.7. The Morgan fingerprint density at radius 1 is 1.10 bits per heavy atom. The van der Waals surface area contributed by atoms with Crippen LogP contribution in [-0.4, -0.2) is 48.9 Å². The van der Waals surface area contributed by atoms with E-state index in [1.165, 1.54) is 13.2 Å². The third kappa shape index (κ3) is 2.72. The number of imide groups is 1. The molecule has 2 saturated heterocycles. The van der Waals surface area contributed by atoms with E-state index >= 15 is 0 Å². The van der Waals surface area contributed by atoms with Crippen LogP contribution >= 0.6 is 0 Å². The second kappa shape index (κ2) is 6.70. The topological polar surface area (TPSA) is 108 Å². The summed E-state index contributed by atoms with van der Waals surface area (Å²) in [4.78, 5) is 50.8. The molecule has 2 bridgehead atoms. The molecule has 0 N–H and O–H groups in total. The van der Waals surface area contributed by atoms with Gasteiger partial charge >= 0.3 is 11.9 Å². The number of esters is 2. The lowest BCUT2D eigenvalue weighted by Crippen LogP contribution is -2.52. The van der Waals surface area contributed by atoms with Crippen LogP contribution in [0.1, 0.15) is 13.8 Å². The van der Waals surface area contributed by atoms with Gasteiger partial charge < -0.3 is 18.9 Å². The van der Waals surface area contributed by atoms with Crippen molar-refractivity contribution >= 4 is 29.4 Å². The van der Waals surface area contributed by atoms with E-state index in [2.05, 4.69) is 0 Å². The van der Waals surface area contributed by atoms with Gasteiger partial charge in [-0.05, 0) is 18.2 Å². The minimum Gasteiger partial charge on any atom is -0.495 e.